The number of ketones is 1. The Kier molecular flexibility index (Phi) is 5.43. The van der Waals surface area contributed by atoms with E-state index in [-0.39, 0.29) is 17.0 Å². The molecule has 0 saturated carbocycles. The molecule has 1 aliphatic heterocycles. The van der Waals surface area contributed by atoms with E-state index in [1.165, 1.54) is 36.3 Å². The topological polar surface area (TPSA) is 110 Å². The zero-order chi connectivity index (χ0) is 22.8. The number of aliphatic hydroxyl groups is 1. The van der Waals surface area contributed by atoms with E-state index in [2.05, 4.69) is 0 Å². The highest BCUT2D eigenvalue weighted by molar-refractivity contribution is 6.51. The fourth-order valence-electron chi connectivity index (χ4n) is 3.69. The first kappa shape index (κ1) is 20.8. The first-order chi connectivity index (χ1) is 15.4. The number of methoxy groups -OCH3 is 1. The number of aliphatic hydroxyl groups excluding tert-OH is 1. The maximum atomic E-state index is 13.1. The number of carbonyl (C=O) groups excluding carboxylic acids is 2. The molecule has 4 rings (SSSR count). The van der Waals surface area contributed by atoms with Gasteiger partial charge in [0.2, 0.25) is 0 Å². The summed E-state index contributed by atoms with van der Waals surface area (Å²) in [6.45, 7) is 0. The van der Waals surface area contributed by atoms with E-state index in [0.717, 1.165) is 0 Å². The standard InChI is InChI=1S/C24H18N2O6/c1-32-19-13-11-17(12-14-19)25-21(15-7-9-18(10-8-15)26(30)31)20(23(28)24(25)29)22(27)16-5-3-2-4-6-16/h2-14,21,27H,1H3. The zero-order valence-electron chi connectivity index (χ0n) is 17.0. The molecular formula is C24H18N2O6. The Morgan fingerprint density at radius 2 is 1.59 bits per heavy atom. The van der Waals surface area contributed by atoms with Crippen LogP contribution in [0.4, 0.5) is 11.4 Å². The van der Waals surface area contributed by atoms with Crippen molar-refractivity contribution in [2.75, 3.05) is 12.0 Å². The molecule has 0 aromatic heterocycles. The number of ether oxygens (including phenoxy) is 1. The highest BCUT2D eigenvalue weighted by atomic mass is 16.6. The minimum absolute atomic E-state index is 0.0918. The van der Waals surface area contributed by atoms with Gasteiger partial charge in [-0.1, -0.05) is 30.3 Å². The Morgan fingerprint density at radius 3 is 2.16 bits per heavy atom. The van der Waals surface area contributed by atoms with E-state index in [1.807, 2.05) is 0 Å². The Bertz CT molecular complexity index is 1220. The normalized spacial score (nSPS) is 17.4. The summed E-state index contributed by atoms with van der Waals surface area (Å²) in [6, 6.07) is 19.6. The van der Waals surface area contributed by atoms with Crippen LogP contribution in [0.1, 0.15) is 17.2 Å². The van der Waals surface area contributed by atoms with Crippen molar-refractivity contribution in [2.24, 2.45) is 0 Å². The van der Waals surface area contributed by atoms with Gasteiger partial charge in [0.05, 0.1) is 23.6 Å². The number of non-ortho nitro benzene ring substituents is 1. The highest BCUT2D eigenvalue weighted by Gasteiger charge is 2.47. The first-order valence-corrected chi connectivity index (χ1v) is 9.67. The lowest BCUT2D eigenvalue weighted by molar-refractivity contribution is -0.384. The van der Waals surface area contributed by atoms with Crippen LogP contribution in [0.2, 0.25) is 0 Å². The van der Waals surface area contributed by atoms with Gasteiger partial charge in [-0.3, -0.25) is 24.6 Å². The van der Waals surface area contributed by atoms with Crippen LogP contribution in [-0.4, -0.2) is 28.8 Å². The van der Waals surface area contributed by atoms with Crippen LogP contribution in [0.25, 0.3) is 5.76 Å². The molecule has 0 spiro atoms. The van der Waals surface area contributed by atoms with Gasteiger partial charge < -0.3 is 9.84 Å². The molecule has 8 nitrogen and oxygen atoms in total. The van der Waals surface area contributed by atoms with Crippen molar-refractivity contribution >= 4 is 28.8 Å². The number of benzene rings is 3. The lowest BCUT2D eigenvalue weighted by Gasteiger charge is -2.25. The molecule has 0 radical (unpaired) electrons. The van der Waals surface area contributed by atoms with Crippen LogP contribution in [0.5, 0.6) is 5.75 Å². The lowest BCUT2D eigenvalue weighted by atomic mass is 9.95. The fourth-order valence-corrected chi connectivity index (χ4v) is 3.69. The molecule has 32 heavy (non-hydrogen) atoms. The second-order valence-corrected chi connectivity index (χ2v) is 7.08. The second-order valence-electron chi connectivity index (χ2n) is 7.08. The summed E-state index contributed by atoms with van der Waals surface area (Å²) in [7, 11) is 1.51. The third kappa shape index (κ3) is 3.58. The van der Waals surface area contributed by atoms with Crippen LogP contribution in [0.15, 0.2) is 84.4 Å². The predicted molar refractivity (Wildman–Crippen MR) is 117 cm³/mol. The van der Waals surface area contributed by atoms with Crippen molar-refractivity contribution in [3.05, 3.63) is 106 Å². The average Bonchev–Trinajstić information content (AvgIpc) is 3.09. The van der Waals surface area contributed by atoms with Crippen molar-refractivity contribution in [1.29, 1.82) is 0 Å². The van der Waals surface area contributed by atoms with Crippen LogP contribution in [0, 0.1) is 10.1 Å². The van der Waals surface area contributed by atoms with E-state index >= 15 is 0 Å². The SMILES string of the molecule is COc1ccc(N2C(=O)C(=O)C(=C(O)c3ccccc3)C2c2ccc([N+](=O)[O-])cc2)cc1. The van der Waals surface area contributed by atoms with Crippen LogP contribution >= 0.6 is 0 Å². The number of hydrogen-bond donors (Lipinski definition) is 1. The largest absolute Gasteiger partial charge is 0.507 e. The summed E-state index contributed by atoms with van der Waals surface area (Å²) in [6.07, 6.45) is 0. The molecule has 1 fully saturated rings. The molecule has 1 unspecified atom stereocenters. The fraction of sp³-hybridized carbons (Fsp3) is 0.0833. The summed E-state index contributed by atoms with van der Waals surface area (Å²) >= 11 is 0. The molecule has 3 aromatic rings. The van der Waals surface area contributed by atoms with Gasteiger partial charge in [0.1, 0.15) is 11.5 Å². The summed E-state index contributed by atoms with van der Waals surface area (Å²) in [5, 5.41) is 22.0. The molecule has 3 aromatic carbocycles. The first-order valence-electron chi connectivity index (χ1n) is 9.67. The number of rotatable bonds is 5. The van der Waals surface area contributed by atoms with E-state index in [4.69, 9.17) is 4.74 Å². The summed E-state index contributed by atoms with van der Waals surface area (Å²) in [5.41, 5.74) is 1.03. The molecule has 160 valence electrons. The number of Topliss-reactive ketones (excluding diaryl/α,β-unsaturated/α-hetero) is 1. The van der Waals surface area contributed by atoms with Crippen molar-refractivity contribution < 1.29 is 24.4 Å². The lowest BCUT2D eigenvalue weighted by Crippen LogP contribution is -2.29. The predicted octanol–water partition coefficient (Wildman–Crippen LogP) is 4.23. The van der Waals surface area contributed by atoms with Gasteiger partial charge in [0, 0.05) is 23.4 Å². The smallest absolute Gasteiger partial charge is 0.300 e. The number of nitrogens with zero attached hydrogens (tertiary/aromatic N) is 2. The Balaban J connectivity index is 1.91. The Labute approximate surface area is 183 Å². The molecule has 1 saturated heterocycles. The van der Waals surface area contributed by atoms with Gasteiger partial charge in [-0.25, -0.2) is 0 Å². The van der Waals surface area contributed by atoms with Gasteiger partial charge in [-0.05, 0) is 42.0 Å². The van der Waals surface area contributed by atoms with Gasteiger partial charge >= 0.3 is 0 Å². The van der Waals surface area contributed by atoms with Crippen molar-refractivity contribution in [2.45, 2.75) is 6.04 Å². The van der Waals surface area contributed by atoms with Gasteiger partial charge in [0.25, 0.3) is 17.4 Å². The van der Waals surface area contributed by atoms with E-state index < -0.39 is 22.7 Å². The maximum Gasteiger partial charge on any atom is 0.300 e. The number of nitro benzene ring substituents is 1. The molecule has 0 aliphatic carbocycles. The average molecular weight is 430 g/mol. The maximum absolute atomic E-state index is 13.1. The van der Waals surface area contributed by atoms with Crippen LogP contribution in [0.3, 0.4) is 0 Å². The van der Waals surface area contributed by atoms with Gasteiger partial charge in [-0.15, -0.1) is 0 Å². The summed E-state index contributed by atoms with van der Waals surface area (Å²) in [5.74, 6) is -1.40. The van der Waals surface area contributed by atoms with Crippen LogP contribution in [-0.2, 0) is 9.59 Å². The molecule has 1 aliphatic rings. The van der Waals surface area contributed by atoms with Gasteiger partial charge in [-0.2, -0.15) is 0 Å². The molecule has 1 atom stereocenters. The minimum atomic E-state index is -0.968. The van der Waals surface area contributed by atoms with Gasteiger partial charge in [0.15, 0.2) is 0 Å². The molecular weight excluding hydrogens is 412 g/mol. The number of hydrogen-bond acceptors (Lipinski definition) is 6. The summed E-state index contributed by atoms with van der Waals surface area (Å²) in [4.78, 5) is 37.9. The van der Waals surface area contributed by atoms with Crippen molar-refractivity contribution in [3.8, 4) is 5.75 Å². The third-order valence-electron chi connectivity index (χ3n) is 5.26. The zero-order valence-corrected chi connectivity index (χ0v) is 17.0. The molecule has 1 N–H and O–H groups in total. The number of amides is 1. The third-order valence-corrected chi connectivity index (χ3v) is 5.26. The second kappa shape index (κ2) is 8.35. The molecule has 1 amide bonds. The summed E-state index contributed by atoms with van der Waals surface area (Å²) < 4.78 is 5.16. The molecule has 1 heterocycles. The van der Waals surface area contributed by atoms with E-state index in [1.54, 1.807) is 54.6 Å². The Morgan fingerprint density at radius 1 is 0.969 bits per heavy atom. The monoisotopic (exact) mass is 430 g/mol. The number of nitro groups is 1. The van der Waals surface area contributed by atoms with E-state index in [9.17, 15) is 24.8 Å². The number of anilines is 1. The Hall–Kier alpha value is -4.46. The molecule has 8 heteroatoms. The van der Waals surface area contributed by atoms with Crippen molar-refractivity contribution in [1.82, 2.24) is 0 Å². The quantitative estimate of drug-likeness (QED) is 0.213. The number of carbonyl (C=O) groups is 2. The van der Waals surface area contributed by atoms with E-state index in [0.29, 0.717) is 22.6 Å². The molecule has 0 bridgehead atoms. The van der Waals surface area contributed by atoms with Crippen molar-refractivity contribution in [3.63, 3.8) is 0 Å². The minimum Gasteiger partial charge on any atom is -0.507 e. The highest BCUT2D eigenvalue weighted by Crippen LogP contribution is 2.42. The van der Waals surface area contributed by atoms with Crippen LogP contribution < -0.4 is 9.64 Å².